The van der Waals surface area contributed by atoms with Gasteiger partial charge < -0.3 is 5.73 Å². The molecule has 0 unspecified atom stereocenters. The Morgan fingerprint density at radius 1 is 1.33 bits per heavy atom. The maximum absolute atomic E-state index is 10.7. The van der Waals surface area contributed by atoms with Crippen molar-refractivity contribution >= 4 is 6.03 Å². The zero-order valence-corrected chi connectivity index (χ0v) is 7.18. The predicted molar refractivity (Wildman–Crippen MR) is 45.2 cm³/mol. The van der Waals surface area contributed by atoms with Crippen molar-refractivity contribution in [2.75, 3.05) is 6.54 Å². The van der Waals surface area contributed by atoms with Crippen LogP contribution in [0.4, 0.5) is 4.79 Å². The Hall–Kier alpha value is -0.770. The summed E-state index contributed by atoms with van der Waals surface area (Å²) in [5.74, 6) is 0. The summed E-state index contributed by atoms with van der Waals surface area (Å²) in [4.78, 5) is 10.7. The van der Waals surface area contributed by atoms with E-state index in [0.29, 0.717) is 0 Å². The Kier molecular flexibility index (Phi) is 1.72. The minimum Gasteiger partial charge on any atom is -0.350 e. The molecule has 3 N–H and O–H groups in total. The summed E-state index contributed by atoms with van der Waals surface area (Å²) in [7, 11) is 0. The van der Waals surface area contributed by atoms with Crippen molar-refractivity contribution in [1.29, 1.82) is 0 Å². The van der Waals surface area contributed by atoms with Crippen LogP contribution in [0.2, 0.25) is 0 Å². The lowest BCUT2D eigenvalue weighted by Crippen LogP contribution is -2.74. The Morgan fingerprint density at radius 3 is 2.42 bits per heavy atom. The number of carbonyl (C=O) groups is 1. The third kappa shape index (κ3) is 1.16. The van der Waals surface area contributed by atoms with Crippen LogP contribution in [0, 0.1) is 0 Å². The van der Waals surface area contributed by atoms with E-state index in [-0.39, 0.29) is 11.6 Å². The van der Waals surface area contributed by atoms with Crippen LogP contribution in [-0.4, -0.2) is 23.1 Å². The standard InChI is InChI=1S/C8H15N3O/c9-7(12)11-6-8(10-11)4-2-1-3-5-8/h10H,1-6H2,(H2,9,12). The van der Waals surface area contributed by atoms with Crippen LogP contribution in [0.5, 0.6) is 0 Å². The molecule has 0 aromatic rings. The van der Waals surface area contributed by atoms with E-state index in [1.165, 1.54) is 37.1 Å². The summed E-state index contributed by atoms with van der Waals surface area (Å²) < 4.78 is 0. The normalized spacial score (nSPS) is 26.8. The van der Waals surface area contributed by atoms with Crippen LogP contribution in [0.15, 0.2) is 0 Å². The van der Waals surface area contributed by atoms with E-state index in [1.807, 2.05) is 0 Å². The van der Waals surface area contributed by atoms with E-state index in [4.69, 9.17) is 5.73 Å². The average Bonchev–Trinajstić information content (AvgIpc) is 2.01. The van der Waals surface area contributed by atoms with Gasteiger partial charge in [0.25, 0.3) is 0 Å². The average molecular weight is 169 g/mol. The topological polar surface area (TPSA) is 58.4 Å². The second kappa shape index (κ2) is 2.62. The van der Waals surface area contributed by atoms with E-state index in [1.54, 1.807) is 0 Å². The number of rotatable bonds is 0. The lowest BCUT2D eigenvalue weighted by molar-refractivity contribution is -0.0164. The fraction of sp³-hybridized carbons (Fsp3) is 0.875. The van der Waals surface area contributed by atoms with Crippen molar-refractivity contribution in [3.05, 3.63) is 0 Å². The first-order valence-corrected chi connectivity index (χ1v) is 4.57. The molecule has 1 saturated heterocycles. The summed E-state index contributed by atoms with van der Waals surface area (Å²) in [6, 6.07) is -0.355. The maximum atomic E-state index is 10.7. The summed E-state index contributed by atoms with van der Waals surface area (Å²) in [5, 5.41) is 1.51. The molecular weight excluding hydrogens is 154 g/mol. The molecule has 68 valence electrons. The highest BCUT2D eigenvalue weighted by Crippen LogP contribution is 2.33. The summed E-state index contributed by atoms with van der Waals surface area (Å²) in [5.41, 5.74) is 8.50. The maximum Gasteiger partial charge on any atom is 0.329 e. The number of hydrogen-bond acceptors (Lipinski definition) is 2. The molecule has 0 atom stereocenters. The molecule has 1 aliphatic carbocycles. The Balaban J connectivity index is 1.88. The number of amides is 2. The van der Waals surface area contributed by atoms with E-state index in [0.717, 1.165) is 6.54 Å². The fourth-order valence-corrected chi connectivity index (χ4v) is 2.20. The molecule has 0 aromatic carbocycles. The third-order valence-corrected chi connectivity index (χ3v) is 2.91. The number of nitrogens with two attached hydrogens (primary N) is 1. The molecule has 1 saturated carbocycles. The number of nitrogens with zero attached hydrogens (tertiary/aromatic N) is 1. The second-order valence-corrected chi connectivity index (χ2v) is 3.88. The quantitative estimate of drug-likeness (QED) is 0.557. The van der Waals surface area contributed by atoms with Crippen molar-refractivity contribution in [3.8, 4) is 0 Å². The number of hydrazine groups is 1. The Morgan fingerprint density at radius 2 is 1.92 bits per heavy atom. The first-order valence-electron chi connectivity index (χ1n) is 4.57. The predicted octanol–water partition coefficient (Wildman–Crippen LogP) is 0.588. The van der Waals surface area contributed by atoms with Crippen molar-refractivity contribution in [2.24, 2.45) is 5.73 Å². The molecule has 0 radical (unpaired) electrons. The van der Waals surface area contributed by atoms with Crippen molar-refractivity contribution in [3.63, 3.8) is 0 Å². The molecule has 2 amide bonds. The number of hydrogen-bond donors (Lipinski definition) is 2. The largest absolute Gasteiger partial charge is 0.350 e. The second-order valence-electron chi connectivity index (χ2n) is 3.88. The summed E-state index contributed by atoms with van der Waals surface area (Å²) >= 11 is 0. The van der Waals surface area contributed by atoms with Crippen LogP contribution >= 0.6 is 0 Å². The summed E-state index contributed by atoms with van der Waals surface area (Å²) in [6.07, 6.45) is 6.27. The van der Waals surface area contributed by atoms with Gasteiger partial charge in [-0.1, -0.05) is 19.3 Å². The van der Waals surface area contributed by atoms with Crippen LogP contribution < -0.4 is 11.2 Å². The zero-order chi connectivity index (χ0) is 8.60. The molecule has 2 rings (SSSR count). The molecule has 0 bridgehead atoms. The lowest BCUT2D eigenvalue weighted by Gasteiger charge is -2.52. The van der Waals surface area contributed by atoms with Gasteiger partial charge in [-0.25, -0.2) is 10.2 Å². The number of primary amides is 1. The minimum absolute atomic E-state index is 0.229. The highest BCUT2D eigenvalue weighted by Gasteiger charge is 2.44. The van der Waals surface area contributed by atoms with Crippen LogP contribution in [-0.2, 0) is 0 Å². The van der Waals surface area contributed by atoms with Gasteiger partial charge in [0.1, 0.15) is 0 Å². The minimum atomic E-state index is -0.355. The molecular formula is C8H15N3O. The number of carbonyl (C=O) groups excluding carboxylic acids is 1. The fourth-order valence-electron chi connectivity index (χ4n) is 2.20. The van der Waals surface area contributed by atoms with Gasteiger partial charge in [-0.2, -0.15) is 0 Å². The van der Waals surface area contributed by atoms with Crippen molar-refractivity contribution in [1.82, 2.24) is 10.4 Å². The molecule has 1 aliphatic heterocycles. The molecule has 0 aromatic heterocycles. The van der Waals surface area contributed by atoms with Gasteiger partial charge in [-0.05, 0) is 12.8 Å². The van der Waals surface area contributed by atoms with Gasteiger partial charge in [-0.3, -0.25) is 5.01 Å². The van der Waals surface area contributed by atoms with Gasteiger partial charge >= 0.3 is 6.03 Å². The zero-order valence-electron chi connectivity index (χ0n) is 7.18. The van der Waals surface area contributed by atoms with E-state index in [9.17, 15) is 4.79 Å². The van der Waals surface area contributed by atoms with Crippen LogP contribution in [0.1, 0.15) is 32.1 Å². The first-order chi connectivity index (χ1) is 5.72. The molecule has 12 heavy (non-hydrogen) atoms. The Labute approximate surface area is 72.1 Å². The van der Waals surface area contributed by atoms with Gasteiger partial charge in [-0.15, -0.1) is 0 Å². The molecule has 2 fully saturated rings. The third-order valence-electron chi connectivity index (χ3n) is 2.91. The van der Waals surface area contributed by atoms with Gasteiger partial charge in [0.05, 0.1) is 12.1 Å². The van der Waals surface area contributed by atoms with Crippen LogP contribution in [0.3, 0.4) is 0 Å². The molecule has 1 spiro atoms. The van der Waals surface area contributed by atoms with Crippen LogP contribution in [0.25, 0.3) is 0 Å². The monoisotopic (exact) mass is 169 g/mol. The first kappa shape index (κ1) is 7.86. The van der Waals surface area contributed by atoms with E-state index >= 15 is 0 Å². The van der Waals surface area contributed by atoms with Gasteiger partial charge in [0.2, 0.25) is 0 Å². The number of urea groups is 1. The highest BCUT2D eigenvalue weighted by molar-refractivity contribution is 5.72. The van der Waals surface area contributed by atoms with Gasteiger partial charge in [0, 0.05) is 0 Å². The SMILES string of the molecule is NC(=O)N1CC2(CCCCC2)N1. The lowest BCUT2D eigenvalue weighted by atomic mass is 9.79. The highest BCUT2D eigenvalue weighted by atomic mass is 16.2. The van der Waals surface area contributed by atoms with Gasteiger partial charge in [0.15, 0.2) is 0 Å². The van der Waals surface area contributed by atoms with E-state index in [2.05, 4.69) is 5.43 Å². The Bertz CT molecular complexity index is 190. The van der Waals surface area contributed by atoms with Crippen molar-refractivity contribution < 1.29 is 4.79 Å². The molecule has 4 heteroatoms. The molecule has 2 aliphatic rings. The van der Waals surface area contributed by atoms with E-state index < -0.39 is 0 Å². The smallest absolute Gasteiger partial charge is 0.329 e. The van der Waals surface area contributed by atoms with Crippen molar-refractivity contribution in [2.45, 2.75) is 37.6 Å². The number of nitrogens with one attached hydrogen (secondary N) is 1. The molecule has 1 heterocycles. The summed E-state index contributed by atoms with van der Waals surface area (Å²) in [6.45, 7) is 0.808. The molecule has 4 nitrogen and oxygen atoms in total.